The molecule has 0 bridgehead atoms. The molecule has 0 aliphatic heterocycles. The standard InChI is InChI=1S/C18H31NO/c1-7-12-19-16(13-14(2)18(3,4)5)15-10-8-9-11-17(15)20-6/h8-11,14,16,19H,7,12-13H2,1-6H3. The Morgan fingerprint density at radius 1 is 1.20 bits per heavy atom. The summed E-state index contributed by atoms with van der Waals surface area (Å²) in [6, 6.07) is 8.73. The zero-order chi connectivity index (χ0) is 15.2. The molecular formula is C18H31NO. The third kappa shape index (κ3) is 4.82. The normalized spacial score (nSPS) is 14.9. The summed E-state index contributed by atoms with van der Waals surface area (Å²) in [5.41, 5.74) is 1.60. The van der Waals surface area contributed by atoms with Gasteiger partial charge in [-0.15, -0.1) is 0 Å². The van der Waals surface area contributed by atoms with E-state index in [0.717, 1.165) is 25.1 Å². The lowest BCUT2D eigenvalue weighted by Crippen LogP contribution is -2.28. The predicted octanol–water partition coefficient (Wildman–Crippen LogP) is 4.81. The molecule has 0 aliphatic carbocycles. The molecule has 1 aromatic rings. The first-order valence-electron chi connectivity index (χ1n) is 7.76. The van der Waals surface area contributed by atoms with Crippen LogP contribution in [0.1, 0.15) is 59.1 Å². The monoisotopic (exact) mass is 277 g/mol. The lowest BCUT2D eigenvalue weighted by atomic mass is 9.77. The van der Waals surface area contributed by atoms with E-state index in [2.05, 4.69) is 58.1 Å². The van der Waals surface area contributed by atoms with Crippen molar-refractivity contribution in [2.75, 3.05) is 13.7 Å². The highest BCUT2D eigenvalue weighted by molar-refractivity contribution is 5.35. The summed E-state index contributed by atoms with van der Waals surface area (Å²) >= 11 is 0. The Morgan fingerprint density at radius 3 is 2.40 bits per heavy atom. The summed E-state index contributed by atoms with van der Waals surface area (Å²) in [5.74, 6) is 1.63. The first-order valence-corrected chi connectivity index (χ1v) is 7.76. The maximum Gasteiger partial charge on any atom is 0.123 e. The summed E-state index contributed by atoms with van der Waals surface area (Å²) < 4.78 is 5.53. The Morgan fingerprint density at radius 2 is 1.85 bits per heavy atom. The maximum absolute atomic E-state index is 5.53. The Labute approximate surface area is 124 Å². The highest BCUT2D eigenvalue weighted by Gasteiger charge is 2.25. The number of rotatable bonds is 7. The zero-order valence-electron chi connectivity index (χ0n) is 14.0. The second-order valence-corrected chi connectivity index (χ2v) is 6.75. The Hall–Kier alpha value is -1.02. The largest absolute Gasteiger partial charge is 0.496 e. The van der Waals surface area contributed by atoms with E-state index in [4.69, 9.17) is 4.74 Å². The van der Waals surface area contributed by atoms with Crippen LogP contribution in [0.3, 0.4) is 0 Å². The number of nitrogens with one attached hydrogen (secondary N) is 1. The van der Waals surface area contributed by atoms with Crippen LogP contribution in [0.4, 0.5) is 0 Å². The Balaban J connectivity index is 2.94. The summed E-state index contributed by atoms with van der Waals surface area (Å²) in [6.45, 7) is 12.5. The fourth-order valence-electron chi connectivity index (χ4n) is 2.30. The minimum absolute atomic E-state index is 0.328. The number of ether oxygens (including phenoxy) is 1. The van der Waals surface area contributed by atoms with Crippen molar-refractivity contribution in [3.05, 3.63) is 29.8 Å². The van der Waals surface area contributed by atoms with Gasteiger partial charge in [0.1, 0.15) is 5.75 Å². The molecule has 20 heavy (non-hydrogen) atoms. The lowest BCUT2D eigenvalue weighted by Gasteiger charge is -2.32. The third-order valence-corrected chi connectivity index (χ3v) is 4.22. The second kappa shape index (κ2) is 7.68. The average Bonchev–Trinajstić information content (AvgIpc) is 2.42. The molecule has 0 radical (unpaired) electrons. The van der Waals surface area contributed by atoms with Gasteiger partial charge in [-0.3, -0.25) is 0 Å². The van der Waals surface area contributed by atoms with Gasteiger partial charge in [-0.25, -0.2) is 0 Å². The lowest BCUT2D eigenvalue weighted by molar-refractivity contribution is 0.221. The Kier molecular flexibility index (Phi) is 6.54. The van der Waals surface area contributed by atoms with Crippen molar-refractivity contribution >= 4 is 0 Å². The summed E-state index contributed by atoms with van der Waals surface area (Å²) in [5, 5.41) is 3.68. The van der Waals surface area contributed by atoms with Crippen LogP contribution in [-0.4, -0.2) is 13.7 Å². The van der Waals surface area contributed by atoms with E-state index in [1.54, 1.807) is 7.11 Å². The van der Waals surface area contributed by atoms with E-state index >= 15 is 0 Å². The molecular weight excluding hydrogens is 246 g/mol. The van der Waals surface area contributed by atoms with Gasteiger partial charge in [0.25, 0.3) is 0 Å². The van der Waals surface area contributed by atoms with E-state index in [9.17, 15) is 0 Å². The number of methoxy groups -OCH3 is 1. The van der Waals surface area contributed by atoms with E-state index in [0.29, 0.717) is 17.4 Å². The molecule has 0 aliphatic rings. The molecule has 2 atom stereocenters. The van der Waals surface area contributed by atoms with Crippen molar-refractivity contribution < 1.29 is 4.74 Å². The minimum atomic E-state index is 0.328. The van der Waals surface area contributed by atoms with E-state index in [-0.39, 0.29) is 0 Å². The maximum atomic E-state index is 5.53. The first-order chi connectivity index (χ1) is 9.40. The van der Waals surface area contributed by atoms with Gasteiger partial charge >= 0.3 is 0 Å². The van der Waals surface area contributed by atoms with Crippen LogP contribution in [-0.2, 0) is 0 Å². The van der Waals surface area contributed by atoms with E-state index in [1.807, 2.05) is 6.07 Å². The van der Waals surface area contributed by atoms with Gasteiger partial charge in [-0.2, -0.15) is 0 Å². The van der Waals surface area contributed by atoms with Crippen LogP contribution in [0.5, 0.6) is 5.75 Å². The molecule has 0 saturated heterocycles. The van der Waals surface area contributed by atoms with Gasteiger partial charge in [-0.05, 0) is 36.8 Å². The number of hydrogen-bond acceptors (Lipinski definition) is 2. The smallest absolute Gasteiger partial charge is 0.123 e. The first kappa shape index (κ1) is 17.0. The molecule has 0 aromatic heterocycles. The highest BCUT2D eigenvalue weighted by atomic mass is 16.5. The van der Waals surface area contributed by atoms with Crippen molar-refractivity contribution in [2.45, 2.75) is 53.5 Å². The number of benzene rings is 1. The molecule has 2 unspecified atom stereocenters. The molecule has 1 rings (SSSR count). The van der Waals surface area contributed by atoms with E-state index in [1.165, 1.54) is 5.56 Å². The fourth-order valence-corrected chi connectivity index (χ4v) is 2.30. The van der Waals surface area contributed by atoms with Crippen molar-refractivity contribution in [1.29, 1.82) is 0 Å². The summed E-state index contributed by atoms with van der Waals surface area (Å²) in [4.78, 5) is 0. The topological polar surface area (TPSA) is 21.3 Å². The van der Waals surface area contributed by atoms with Crippen LogP contribution < -0.4 is 10.1 Å². The SMILES string of the molecule is CCCNC(CC(C)C(C)(C)C)c1ccccc1OC. The van der Waals surface area contributed by atoms with E-state index < -0.39 is 0 Å². The quantitative estimate of drug-likeness (QED) is 0.772. The molecule has 114 valence electrons. The van der Waals surface area contributed by atoms with Crippen molar-refractivity contribution in [3.63, 3.8) is 0 Å². The van der Waals surface area contributed by atoms with Crippen LogP contribution in [0.25, 0.3) is 0 Å². The van der Waals surface area contributed by atoms with Crippen molar-refractivity contribution in [1.82, 2.24) is 5.32 Å². The van der Waals surface area contributed by atoms with Crippen LogP contribution in [0.2, 0.25) is 0 Å². The fraction of sp³-hybridized carbons (Fsp3) is 0.667. The predicted molar refractivity (Wildman–Crippen MR) is 87.3 cm³/mol. The van der Waals surface area contributed by atoms with Gasteiger partial charge in [0.15, 0.2) is 0 Å². The summed E-state index contributed by atoms with van der Waals surface area (Å²) in [7, 11) is 1.75. The molecule has 1 N–H and O–H groups in total. The van der Waals surface area contributed by atoms with Gasteiger partial charge in [0.2, 0.25) is 0 Å². The number of hydrogen-bond donors (Lipinski definition) is 1. The molecule has 1 aromatic carbocycles. The molecule has 2 nitrogen and oxygen atoms in total. The third-order valence-electron chi connectivity index (χ3n) is 4.22. The van der Waals surface area contributed by atoms with Crippen molar-refractivity contribution in [2.24, 2.45) is 11.3 Å². The molecule has 0 spiro atoms. The molecule has 0 saturated carbocycles. The molecule has 0 amide bonds. The molecule has 0 heterocycles. The molecule has 2 heteroatoms. The molecule has 0 fully saturated rings. The van der Waals surface area contributed by atoms with Gasteiger partial charge in [-0.1, -0.05) is 52.8 Å². The van der Waals surface area contributed by atoms with Gasteiger partial charge in [0.05, 0.1) is 7.11 Å². The zero-order valence-corrected chi connectivity index (χ0v) is 14.0. The second-order valence-electron chi connectivity index (χ2n) is 6.75. The highest BCUT2D eigenvalue weighted by Crippen LogP contribution is 2.35. The van der Waals surface area contributed by atoms with Crippen LogP contribution in [0, 0.1) is 11.3 Å². The minimum Gasteiger partial charge on any atom is -0.496 e. The van der Waals surface area contributed by atoms with Crippen LogP contribution >= 0.6 is 0 Å². The van der Waals surface area contributed by atoms with Crippen LogP contribution in [0.15, 0.2) is 24.3 Å². The average molecular weight is 277 g/mol. The number of para-hydroxylation sites is 1. The van der Waals surface area contributed by atoms with Gasteiger partial charge < -0.3 is 10.1 Å². The van der Waals surface area contributed by atoms with Gasteiger partial charge in [0, 0.05) is 11.6 Å². The van der Waals surface area contributed by atoms with Crippen molar-refractivity contribution in [3.8, 4) is 5.75 Å². The Bertz CT molecular complexity index is 395. The summed E-state index contributed by atoms with van der Waals surface area (Å²) in [6.07, 6.45) is 2.28.